The summed E-state index contributed by atoms with van der Waals surface area (Å²) in [5.74, 6) is 0.621. The monoisotopic (exact) mass is 289 g/mol. The summed E-state index contributed by atoms with van der Waals surface area (Å²) < 4.78 is 0. The Hall–Kier alpha value is -1.51. The van der Waals surface area contributed by atoms with E-state index in [0.717, 1.165) is 5.56 Å². The van der Waals surface area contributed by atoms with Crippen molar-refractivity contribution in [2.45, 2.75) is 26.4 Å². The van der Waals surface area contributed by atoms with Gasteiger partial charge in [-0.05, 0) is 17.5 Å². The van der Waals surface area contributed by atoms with Gasteiger partial charge >= 0.3 is 0 Å². The minimum absolute atomic E-state index is 0.164. The molecule has 0 saturated carbocycles. The van der Waals surface area contributed by atoms with Crippen molar-refractivity contribution in [3.05, 3.63) is 64.7 Å². The van der Waals surface area contributed by atoms with Gasteiger partial charge in [0, 0.05) is 18.2 Å². The molecular weight excluding hydrogens is 270 g/mol. The van der Waals surface area contributed by atoms with E-state index in [1.807, 2.05) is 30.3 Å². The lowest BCUT2D eigenvalue weighted by Crippen LogP contribution is -2.25. The first kappa shape index (κ1) is 14.9. The smallest absolute Gasteiger partial charge is 0.138 e. The lowest BCUT2D eigenvalue weighted by atomic mass is 9.96. The van der Waals surface area contributed by atoms with Crippen molar-refractivity contribution in [3.63, 3.8) is 0 Å². The summed E-state index contributed by atoms with van der Waals surface area (Å²) in [5.41, 5.74) is 2.07. The molecule has 106 valence electrons. The normalized spacial score (nSPS) is 12.6. The highest BCUT2D eigenvalue weighted by Crippen LogP contribution is 2.28. The molecule has 0 aromatic heterocycles. The average Bonchev–Trinajstić information content (AvgIpc) is 2.44. The summed E-state index contributed by atoms with van der Waals surface area (Å²) >= 11 is 5.93. The van der Waals surface area contributed by atoms with E-state index in [2.05, 4.69) is 31.3 Å². The van der Waals surface area contributed by atoms with E-state index in [9.17, 15) is 5.11 Å². The van der Waals surface area contributed by atoms with Crippen molar-refractivity contribution in [1.82, 2.24) is 5.32 Å². The van der Waals surface area contributed by atoms with Crippen molar-refractivity contribution >= 4 is 11.6 Å². The SMILES string of the molecule is CC(C)C(NCc1cccc(Cl)c1O)c1ccccc1. The van der Waals surface area contributed by atoms with Crippen LogP contribution in [0.2, 0.25) is 5.02 Å². The minimum Gasteiger partial charge on any atom is -0.506 e. The molecule has 0 aliphatic heterocycles. The van der Waals surface area contributed by atoms with E-state index in [1.54, 1.807) is 6.07 Å². The van der Waals surface area contributed by atoms with Crippen LogP contribution in [0.3, 0.4) is 0 Å². The summed E-state index contributed by atoms with van der Waals surface area (Å²) in [6.07, 6.45) is 0. The van der Waals surface area contributed by atoms with Crippen molar-refractivity contribution in [2.24, 2.45) is 5.92 Å². The number of phenols is 1. The highest BCUT2D eigenvalue weighted by atomic mass is 35.5. The summed E-state index contributed by atoms with van der Waals surface area (Å²) in [4.78, 5) is 0. The predicted molar refractivity (Wildman–Crippen MR) is 84.0 cm³/mol. The first-order valence-electron chi connectivity index (χ1n) is 6.84. The maximum Gasteiger partial charge on any atom is 0.138 e. The lowest BCUT2D eigenvalue weighted by Gasteiger charge is -2.23. The number of hydrogen-bond acceptors (Lipinski definition) is 2. The van der Waals surface area contributed by atoms with E-state index < -0.39 is 0 Å². The van der Waals surface area contributed by atoms with E-state index >= 15 is 0 Å². The third kappa shape index (κ3) is 3.53. The second-order valence-corrected chi connectivity index (χ2v) is 5.67. The molecule has 0 aliphatic rings. The van der Waals surface area contributed by atoms with Crippen LogP contribution in [0.5, 0.6) is 5.75 Å². The van der Waals surface area contributed by atoms with E-state index in [1.165, 1.54) is 5.56 Å². The molecule has 2 N–H and O–H groups in total. The van der Waals surface area contributed by atoms with E-state index in [4.69, 9.17) is 11.6 Å². The molecule has 0 amide bonds. The number of phenolic OH excluding ortho intramolecular Hbond substituents is 1. The number of rotatable bonds is 5. The van der Waals surface area contributed by atoms with Crippen LogP contribution in [0.25, 0.3) is 0 Å². The van der Waals surface area contributed by atoms with Gasteiger partial charge in [-0.1, -0.05) is 67.9 Å². The number of benzene rings is 2. The Morgan fingerprint density at radius 2 is 1.75 bits per heavy atom. The van der Waals surface area contributed by atoms with Crippen LogP contribution in [0, 0.1) is 5.92 Å². The number of halogens is 1. The number of hydrogen-bond donors (Lipinski definition) is 2. The topological polar surface area (TPSA) is 32.3 Å². The Kier molecular flexibility index (Phi) is 5.05. The molecule has 1 atom stereocenters. The molecule has 1 unspecified atom stereocenters. The number of para-hydroxylation sites is 1. The fourth-order valence-electron chi connectivity index (χ4n) is 2.32. The second kappa shape index (κ2) is 6.78. The molecule has 0 aliphatic carbocycles. The molecule has 0 fully saturated rings. The quantitative estimate of drug-likeness (QED) is 0.847. The van der Waals surface area contributed by atoms with Crippen LogP contribution < -0.4 is 5.32 Å². The van der Waals surface area contributed by atoms with Gasteiger partial charge in [0.25, 0.3) is 0 Å². The van der Waals surface area contributed by atoms with Crippen LogP contribution in [-0.4, -0.2) is 5.11 Å². The molecule has 2 aromatic rings. The lowest BCUT2D eigenvalue weighted by molar-refractivity contribution is 0.402. The fraction of sp³-hybridized carbons (Fsp3) is 0.294. The predicted octanol–water partition coefficient (Wildman–Crippen LogP) is 4.53. The van der Waals surface area contributed by atoms with Gasteiger partial charge in [-0.25, -0.2) is 0 Å². The molecule has 2 rings (SSSR count). The van der Waals surface area contributed by atoms with Crippen LogP contribution in [-0.2, 0) is 6.54 Å². The zero-order valence-electron chi connectivity index (χ0n) is 11.8. The third-order valence-electron chi connectivity index (χ3n) is 3.41. The summed E-state index contributed by atoms with van der Waals surface area (Å²) in [6, 6.07) is 16.0. The summed E-state index contributed by atoms with van der Waals surface area (Å²) in [7, 11) is 0. The van der Waals surface area contributed by atoms with Crippen molar-refractivity contribution < 1.29 is 5.11 Å². The van der Waals surface area contributed by atoms with E-state index in [0.29, 0.717) is 17.5 Å². The van der Waals surface area contributed by atoms with Crippen molar-refractivity contribution in [2.75, 3.05) is 0 Å². The highest BCUT2D eigenvalue weighted by molar-refractivity contribution is 6.32. The molecule has 2 nitrogen and oxygen atoms in total. The standard InChI is InChI=1S/C17H20ClNO/c1-12(2)16(13-7-4-3-5-8-13)19-11-14-9-6-10-15(18)17(14)20/h3-10,12,16,19-20H,11H2,1-2H3. The molecule has 20 heavy (non-hydrogen) atoms. The Morgan fingerprint density at radius 3 is 2.40 bits per heavy atom. The minimum atomic E-state index is 0.164. The molecule has 3 heteroatoms. The van der Waals surface area contributed by atoms with Gasteiger partial charge in [0.05, 0.1) is 5.02 Å². The van der Waals surface area contributed by atoms with E-state index in [-0.39, 0.29) is 11.8 Å². The van der Waals surface area contributed by atoms with Gasteiger partial charge in [0.1, 0.15) is 5.75 Å². The average molecular weight is 290 g/mol. The fourth-order valence-corrected chi connectivity index (χ4v) is 2.52. The zero-order valence-corrected chi connectivity index (χ0v) is 12.6. The first-order valence-corrected chi connectivity index (χ1v) is 7.22. The van der Waals surface area contributed by atoms with Gasteiger partial charge in [0.2, 0.25) is 0 Å². The van der Waals surface area contributed by atoms with Gasteiger partial charge < -0.3 is 10.4 Å². The maximum absolute atomic E-state index is 9.95. The molecule has 0 saturated heterocycles. The van der Waals surface area contributed by atoms with Gasteiger partial charge in [-0.2, -0.15) is 0 Å². The Balaban J connectivity index is 2.12. The van der Waals surface area contributed by atoms with Gasteiger partial charge in [-0.3, -0.25) is 0 Å². The Morgan fingerprint density at radius 1 is 1.05 bits per heavy atom. The van der Waals surface area contributed by atoms with Crippen LogP contribution in [0.15, 0.2) is 48.5 Å². The molecule has 0 radical (unpaired) electrons. The molecule has 0 spiro atoms. The third-order valence-corrected chi connectivity index (χ3v) is 3.71. The highest BCUT2D eigenvalue weighted by Gasteiger charge is 2.15. The molecule has 0 bridgehead atoms. The summed E-state index contributed by atoms with van der Waals surface area (Å²) in [6.45, 7) is 4.95. The zero-order chi connectivity index (χ0) is 14.5. The van der Waals surface area contributed by atoms with Gasteiger partial charge in [-0.15, -0.1) is 0 Å². The Labute approximate surface area is 125 Å². The number of aromatic hydroxyl groups is 1. The molecule has 0 heterocycles. The molecular formula is C17H20ClNO. The van der Waals surface area contributed by atoms with Crippen molar-refractivity contribution in [1.29, 1.82) is 0 Å². The van der Waals surface area contributed by atoms with Crippen LogP contribution >= 0.6 is 11.6 Å². The largest absolute Gasteiger partial charge is 0.506 e. The van der Waals surface area contributed by atoms with Crippen LogP contribution in [0.4, 0.5) is 0 Å². The molecule has 2 aromatic carbocycles. The number of nitrogens with one attached hydrogen (secondary N) is 1. The maximum atomic E-state index is 9.95. The summed E-state index contributed by atoms with van der Waals surface area (Å²) in [5, 5.41) is 13.8. The second-order valence-electron chi connectivity index (χ2n) is 5.26. The van der Waals surface area contributed by atoms with Crippen molar-refractivity contribution in [3.8, 4) is 5.75 Å². The Bertz CT molecular complexity index is 554. The first-order chi connectivity index (χ1) is 9.59. The van der Waals surface area contributed by atoms with Gasteiger partial charge in [0.15, 0.2) is 0 Å². The van der Waals surface area contributed by atoms with Crippen LogP contribution in [0.1, 0.15) is 31.0 Å².